The van der Waals surface area contributed by atoms with Crippen LogP contribution in [0.5, 0.6) is 0 Å². The Morgan fingerprint density at radius 2 is 2.09 bits per heavy atom. The van der Waals surface area contributed by atoms with Crippen molar-refractivity contribution in [3.8, 4) is 0 Å². The third-order valence-electron chi connectivity index (χ3n) is 1.07. The molecule has 62 valence electrons. The number of allylic oxidation sites excluding steroid dienone is 4. The summed E-state index contributed by atoms with van der Waals surface area (Å²) in [6.45, 7) is -1.23. The number of rotatable bonds is 5. The van der Waals surface area contributed by atoms with E-state index < -0.39 is 13.3 Å². The first-order chi connectivity index (χ1) is 5.35. The van der Waals surface area contributed by atoms with E-state index >= 15 is 0 Å². The fraction of sp³-hybridized carbons (Fsp3) is 0.375. The van der Waals surface area contributed by atoms with Crippen LogP contribution < -0.4 is 0 Å². The number of alkyl halides is 2. The lowest BCUT2D eigenvalue weighted by atomic mass is 10.2. The van der Waals surface area contributed by atoms with Crippen molar-refractivity contribution in [2.75, 3.05) is 13.3 Å². The lowest BCUT2D eigenvalue weighted by Gasteiger charge is -1.91. The zero-order chi connectivity index (χ0) is 8.53. The first kappa shape index (κ1) is 10.0. The minimum atomic E-state index is -0.657. The topological polar surface area (TPSA) is 17.1 Å². The maximum absolute atomic E-state index is 11.9. The summed E-state index contributed by atoms with van der Waals surface area (Å²) in [7, 11) is 0. The van der Waals surface area contributed by atoms with Gasteiger partial charge in [-0.1, -0.05) is 18.2 Å². The fourth-order valence-electron chi connectivity index (χ4n) is 0.530. The van der Waals surface area contributed by atoms with Crippen LogP contribution in [-0.2, 0) is 4.79 Å². The third-order valence-corrected chi connectivity index (χ3v) is 1.07. The summed E-state index contributed by atoms with van der Waals surface area (Å²) in [6, 6.07) is 0. The van der Waals surface area contributed by atoms with Gasteiger partial charge in [0.05, 0.1) is 0 Å². The van der Waals surface area contributed by atoms with E-state index in [1.165, 1.54) is 18.2 Å². The van der Waals surface area contributed by atoms with Crippen LogP contribution in [0.3, 0.4) is 0 Å². The van der Waals surface area contributed by atoms with Gasteiger partial charge in [-0.15, -0.1) is 0 Å². The molecule has 0 fully saturated rings. The minimum absolute atomic E-state index is 0.0765. The zero-order valence-electron chi connectivity index (χ0n) is 6.09. The fourth-order valence-corrected chi connectivity index (χ4v) is 0.530. The van der Waals surface area contributed by atoms with E-state index in [2.05, 4.69) is 0 Å². The standard InChI is InChI=1S/C8H10F2O/c9-5-2-1-3-8(7-10)4-6-11/h1-3,6H,4-5,7H2/b2-1-,8-3+. The average Bonchev–Trinajstić information content (AvgIpc) is 2.03. The molecule has 0 N–H and O–H groups in total. The first-order valence-electron chi connectivity index (χ1n) is 3.25. The Balaban J connectivity index is 3.89. The smallest absolute Gasteiger partial charge is 0.124 e. The van der Waals surface area contributed by atoms with Gasteiger partial charge in [0.25, 0.3) is 0 Å². The Bertz CT molecular complexity index is 161. The van der Waals surface area contributed by atoms with E-state index in [0.29, 0.717) is 11.9 Å². The Kier molecular flexibility index (Phi) is 6.48. The molecule has 0 aromatic rings. The maximum atomic E-state index is 11.9. The van der Waals surface area contributed by atoms with Crippen molar-refractivity contribution >= 4 is 6.29 Å². The number of carbonyl (C=O) groups is 1. The normalized spacial score (nSPS) is 12.4. The molecule has 0 amide bonds. The summed E-state index contributed by atoms with van der Waals surface area (Å²) in [5.41, 5.74) is 0.365. The number of hydrogen-bond donors (Lipinski definition) is 0. The van der Waals surface area contributed by atoms with Crippen LogP contribution >= 0.6 is 0 Å². The molecule has 0 radical (unpaired) electrons. The molecule has 0 aliphatic carbocycles. The number of aldehydes is 1. The lowest BCUT2D eigenvalue weighted by Crippen LogP contribution is -1.85. The van der Waals surface area contributed by atoms with Gasteiger partial charge in [-0.05, 0) is 5.57 Å². The van der Waals surface area contributed by atoms with Gasteiger partial charge in [-0.25, -0.2) is 8.78 Å². The lowest BCUT2D eigenvalue weighted by molar-refractivity contribution is -0.107. The molecule has 11 heavy (non-hydrogen) atoms. The van der Waals surface area contributed by atoms with Crippen LogP contribution in [0.4, 0.5) is 8.78 Å². The SMILES string of the molecule is O=CC/C(=C\C=C/CF)CF. The molecule has 0 aromatic carbocycles. The molecule has 1 nitrogen and oxygen atoms in total. The second kappa shape index (κ2) is 7.12. The molecule has 0 aliphatic rings. The molecule has 0 heterocycles. The van der Waals surface area contributed by atoms with Crippen LogP contribution in [-0.4, -0.2) is 19.6 Å². The Morgan fingerprint density at radius 1 is 1.36 bits per heavy atom. The predicted octanol–water partition coefficient (Wildman–Crippen LogP) is 2.00. The predicted molar refractivity (Wildman–Crippen MR) is 39.9 cm³/mol. The van der Waals surface area contributed by atoms with Crippen molar-refractivity contribution < 1.29 is 13.6 Å². The highest BCUT2D eigenvalue weighted by atomic mass is 19.1. The summed E-state index contributed by atoms with van der Waals surface area (Å²) >= 11 is 0. The van der Waals surface area contributed by atoms with Crippen LogP contribution in [0.1, 0.15) is 6.42 Å². The number of halogens is 2. The van der Waals surface area contributed by atoms with Crippen molar-refractivity contribution in [2.24, 2.45) is 0 Å². The second-order valence-electron chi connectivity index (χ2n) is 1.91. The Morgan fingerprint density at radius 3 is 2.55 bits per heavy atom. The number of carbonyl (C=O) groups excluding carboxylic acids is 1. The second-order valence-corrected chi connectivity index (χ2v) is 1.91. The van der Waals surface area contributed by atoms with Crippen molar-refractivity contribution in [1.29, 1.82) is 0 Å². The van der Waals surface area contributed by atoms with E-state index in [1.54, 1.807) is 0 Å². The zero-order valence-corrected chi connectivity index (χ0v) is 6.09. The molecule has 0 spiro atoms. The van der Waals surface area contributed by atoms with Crippen LogP contribution in [0.2, 0.25) is 0 Å². The van der Waals surface area contributed by atoms with E-state index in [9.17, 15) is 13.6 Å². The van der Waals surface area contributed by atoms with Crippen LogP contribution in [0.25, 0.3) is 0 Å². The van der Waals surface area contributed by atoms with Crippen molar-refractivity contribution in [1.82, 2.24) is 0 Å². The Hall–Kier alpha value is -0.990. The first-order valence-corrected chi connectivity index (χ1v) is 3.25. The molecule has 0 rings (SSSR count). The van der Waals surface area contributed by atoms with Gasteiger partial charge in [0.15, 0.2) is 0 Å². The van der Waals surface area contributed by atoms with Gasteiger partial charge in [0, 0.05) is 6.42 Å². The van der Waals surface area contributed by atoms with E-state index in [0.717, 1.165) is 0 Å². The van der Waals surface area contributed by atoms with Gasteiger partial charge in [-0.2, -0.15) is 0 Å². The van der Waals surface area contributed by atoms with E-state index in [1.807, 2.05) is 0 Å². The molecule has 0 atom stereocenters. The molecule has 0 aliphatic heterocycles. The van der Waals surface area contributed by atoms with Gasteiger partial charge >= 0.3 is 0 Å². The third kappa shape index (κ3) is 5.45. The highest BCUT2D eigenvalue weighted by Gasteiger charge is 1.91. The van der Waals surface area contributed by atoms with Crippen LogP contribution in [0.15, 0.2) is 23.8 Å². The average molecular weight is 160 g/mol. The Labute approximate surface area is 64.4 Å². The molecule has 0 aromatic heterocycles. The monoisotopic (exact) mass is 160 g/mol. The highest BCUT2D eigenvalue weighted by Crippen LogP contribution is 1.99. The number of hydrogen-bond acceptors (Lipinski definition) is 1. The van der Waals surface area contributed by atoms with Gasteiger partial charge in [0.1, 0.15) is 19.6 Å². The highest BCUT2D eigenvalue weighted by molar-refractivity contribution is 5.54. The molecule has 3 heteroatoms. The summed E-state index contributed by atoms with van der Waals surface area (Å²) in [4.78, 5) is 9.90. The van der Waals surface area contributed by atoms with Gasteiger partial charge in [-0.3, -0.25) is 0 Å². The largest absolute Gasteiger partial charge is 0.303 e. The molecule has 0 bridgehead atoms. The molecule has 0 unspecified atom stereocenters. The minimum Gasteiger partial charge on any atom is -0.303 e. The maximum Gasteiger partial charge on any atom is 0.124 e. The molecular weight excluding hydrogens is 150 g/mol. The summed E-state index contributed by atoms with van der Waals surface area (Å²) in [6.07, 6.45) is 4.76. The molecular formula is C8H10F2O. The molecule has 0 saturated heterocycles. The van der Waals surface area contributed by atoms with Crippen molar-refractivity contribution in [3.63, 3.8) is 0 Å². The molecule has 0 saturated carbocycles. The van der Waals surface area contributed by atoms with Crippen molar-refractivity contribution in [3.05, 3.63) is 23.8 Å². The quantitative estimate of drug-likeness (QED) is 0.444. The van der Waals surface area contributed by atoms with Gasteiger partial charge < -0.3 is 4.79 Å². The summed E-state index contributed by atoms with van der Waals surface area (Å²) in [5, 5.41) is 0. The summed E-state index contributed by atoms with van der Waals surface area (Å²) in [5.74, 6) is 0. The van der Waals surface area contributed by atoms with Gasteiger partial charge in [0.2, 0.25) is 0 Å². The summed E-state index contributed by atoms with van der Waals surface area (Å²) < 4.78 is 23.4. The van der Waals surface area contributed by atoms with E-state index in [-0.39, 0.29) is 6.42 Å². The van der Waals surface area contributed by atoms with Crippen LogP contribution in [0, 0.1) is 0 Å². The van der Waals surface area contributed by atoms with Crippen molar-refractivity contribution in [2.45, 2.75) is 6.42 Å². The van der Waals surface area contributed by atoms with E-state index in [4.69, 9.17) is 0 Å².